The van der Waals surface area contributed by atoms with E-state index in [1.807, 2.05) is 6.92 Å². The zero-order chi connectivity index (χ0) is 23.0. The predicted molar refractivity (Wildman–Crippen MR) is 116 cm³/mol. The lowest BCUT2D eigenvalue weighted by Gasteiger charge is -2.36. The molecule has 1 aromatic carbocycles. The summed E-state index contributed by atoms with van der Waals surface area (Å²) in [6.45, 7) is 6.20. The van der Waals surface area contributed by atoms with Crippen LogP contribution in [0.3, 0.4) is 0 Å². The molecule has 166 valence electrons. The molecule has 0 saturated heterocycles. The second-order valence-corrected chi connectivity index (χ2v) is 9.37. The molecule has 2 bridgehead atoms. The van der Waals surface area contributed by atoms with Crippen molar-refractivity contribution in [3.05, 3.63) is 71.1 Å². The minimum atomic E-state index is -0.653. The van der Waals surface area contributed by atoms with Crippen molar-refractivity contribution in [3.8, 4) is 22.8 Å². The van der Waals surface area contributed by atoms with Crippen LogP contribution in [0.2, 0.25) is 0 Å². The highest BCUT2D eigenvalue weighted by molar-refractivity contribution is 5.64. The van der Waals surface area contributed by atoms with Gasteiger partial charge >= 0.3 is 0 Å². The van der Waals surface area contributed by atoms with E-state index in [9.17, 15) is 8.78 Å². The maximum absolute atomic E-state index is 14.4. The number of nitrogens with zero attached hydrogens (tertiary/aromatic N) is 6. The van der Waals surface area contributed by atoms with Crippen LogP contribution >= 0.6 is 0 Å². The Kier molecular flexibility index (Phi) is 4.06. The summed E-state index contributed by atoms with van der Waals surface area (Å²) in [4.78, 5) is 12.7. The average Bonchev–Trinajstić information content (AvgIpc) is 3.40. The Morgan fingerprint density at radius 2 is 1.79 bits per heavy atom. The fourth-order valence-electron chi connectivity index (χ4n) is 5.84. The minimum absolute atomic E-state index is 0.149. The number of hydrogen-bond donors (Lipinski definition) is 1. The van der Waals surface area contributed by atoms with E-state index in [1.54, 1.807) is 18.3 Å². The zero-order valence-corrected chi connectivity index (χ0v) is 18.4. The maximum Gasteiger partial charge on any atom is 0.180 e. The van der Waals surface area contributed by atoms with Crippen LogP contribution < -0.4 is 0 Å². The van der Waals surface area contributed by atoms with Gasteiger partial charge in [-0.3, -0.25) is 0 Å². The number of aryl methyl sites for hydroxylation is 1. The van der Waals surface area contributed by atoms with Crippen LogP contribution in [0.25, 0.3) is 22.8 Å². The maximum atomic E-state index is 14.4. The van der Waals surface area contributed by atoms with Gasteiger partial charge in [-0.1, -0.05) is 19.9 Å². The smallest absolute Gasteiger partial charge is 0.180 e. The summed E-state index contributed by atoms with van der Waals surface area (Å²) >= 11 is 0. The number of H-pyrrole nitrogens is 1. The standard InChI is InChI=1S/C24H21F2N7/c1-12-28-21(33-30-12)17-8-10-27-22(29-17)24-9-7-14(23(24,2)3)13-11-18(31-32-20(13)24)19-15(25)5-4-6-16(19)26/h4-6,8,10-11,14H,7,9H2,1-3H3,(H,28,30,33)/t14-,24+/m0/s1. The summed E-state index contributed by atoms with van der Waals surface area (Å²) in [6, 6.07) is 7.40. The summed E-state index contributed by atoms with van der Waals surface area (Å²) in [6.07, 6.45) is 3.45. The molecule has 4 aromatic rings. The first-order valence-corrected chi connectivity index (χ1v) is 10.9. The molecule has 0 unspecified atom stereocenters. The Bertz CT molecular complexity index is 1390. The van der Waals surface area contributed by atoms with E-state index in [0.717, 1.165) is 24.1 Å². The molecule has 9 heteroatoms. The molecule has 2 aliphatic carbocycles. The molecule has 0 radical (unpaired) electrons. The van der Waals surface area contributed by atoms with Gasteiger partial charge in [0.05, 0.1) is 22.4 Å². The van der Waals surface area contributed by atoms with Crippen molar-refractivity contribution in [1.82, 2.24) is 35.3 Å². The Labute approximate surface area is 188 Å². The molecular formula is C24H21F2N7. The van der Waals surface area contributed by atoms with Crippen molar-refractivity contribution in [3.63, 3.8) is 0 Å². The molecule has 1 fully saturated rings. The Morgan fingerprint density at radius 3 is 2.52 bits per heavy atom. The highest BCUT2D eigenvalue weighted by Crippen LogP contribution is 2.69. The van der Waals surface area contributed by atoms with Gasteiger partial charge in [0.2, 0.25) is 0 Å². The molecule has 0 spiro atoms. The molecule has 0 aliphatic heterocycles. The van der Waals surface area contributed by atoms with Gasteiger partial charge in [-0.05, 0) is 60.9 Å². The number of benzene rings is 1. The number of fused-ring (bicyclic) bond motifs is 5. The van der Waals surface area contributed by atoms with Crippen molar-refractivity contribution >= 4 is 0 Å². The first-order chi connectivity index (χ1) is 15.8. The van der Waals surface area contributed by atoms with Crippen LogP contribution in [0.5, 0.6) is 0 Å². The molecule has 7 nitrogen and oxygen atoms in total. The van der Waals surface area contributed by atoms with Gasteiger partial charge in [-0.15, -0.1) is 15.3 Å². The number of hydrogen-bond acceptors (Lipinski definition) is 6. The molecule has 3 heterocycles. The van der Waals surface area contributed by atoms with E-state index < -0.39 is 17.0 Å². The number of halogens is 2. The summed E-state index contributed by atoms with van der Waals surface area (Å²) in [5.41, 5.74) is 1.64. The Morgan fingerprint density at radius 1 is 1.00 bits per heavy atom. The van der Waals surface area contributed by atoms with Crippen molar-refractivity contribution < 1.29 is 8.78 Å². The van der Waals surface area contributed by atoms with Crippen molar-refractivity contribution in [2.75, 3.05) is 0 Å². The number of nitrogens with one attached hydrogen (secondary N) is 1. The van der Waals surface area contributed by atoms with Crippen molar-refractivity contribution in [1.29, 1.82) is 0 Å². The summed E-state index contributed by atoms with van der Waals surface area (Å²) in [7, 11) is 0. The van der Waals surface area contributed by atoms with Crippen LogP contribution in [-0.2, 0) is 5.41 Å². The molecule has 1 saturated carbocycles. The van der Waals surface area contributed by atoms with Crippen LogP contribution in [0.1, 0.15) is 55.5 Å². The first-order valence-electron chi connectivity index (χ1n) is 10.9. The average molecular weight is 445 g/mol. The Balaban J connectivity index is 1.53. The van der Waals surface area contributed by atoms with E-state index in [1.165, 1.54) is 18.2 Å². The molecule has 33 heavy (non-hydrogen) atoms. The summed E-state index contributed by atoms with van der Waals surface area (Å²) < 4.78 is 28.9. The fraction of sp³-hybridized carbons (Fsp3) is 0.333. The van der Waals surface area contributed by atoms with Crippen LogP contribution in [0.4, 0.5) is 8.78 Å². The van der Waals surface area contributed by atoms with Crippen LogP contribution in [0.15, 0.2) is 36.5 Å². The van der Waals surface area contributed by atoms with Crippen molar-refractivity contribution in [2.45, 2.75) is 44.9 Å². The number of aromatic amines is 1. The molecule has 6 rings (SSSR count). The minimum Gasteiger partial charge on any atom is -0.324 e. The van der Waals surface area contributed by atoms with E-state index >= 15 is 0 Å². The second-order valence-electron chi connectivity index (χ2n) is 9.37. The highest BCUT2D eigenvalue weighted by Gasteiger charge is 2.65. The monoisotopic (exact) mass is 445 g/mol. The van der Waals surface area contributed by atoms with Crippen molar-refractivity contribution in [2.24, 2.45) is 5.41 Å². The van der Waals surface area contributed by atoms with Gasteiger partial charge in [0.25, 0.3) is 0 Å². The SMILES string of the molecule is Cc1nnc(-c2ccnc([C@@]34CC[C@@H](c5cc(-c6c(F)cccc6F)nnc53)C4(C)C)n2)[nH]1. The van der Waals surface area contributed by atoms with Gasteiger partial charge in [-0.2, -0.15) is 5.10 Å². The molecule has 2 atom stereocenters. The number of rotatable bonds is 3. The zero-order valence-electron chi connectivity index (χ0n) is 18.4. The molecule has 0 amide bonds. The van der Waals surface area contributed by atoms with Gasteiger partial charge < -0.3 is 4.98 Å². The summed E-state index contributed by atoms with van der Waals surface area (Å²) in [5.74, 6) is 0.777. The third-order valence-electron chi connectivity index (χ3n) is 7.48. The first kappa shape index (κ1) is 20.0. The molecule has 1 N–H and O–H groups in total. The Hall–Kier alpha value is -3.62. The highest BCUT2D eigenvalue weighted by atomic mass is 19.1. The number of aromatic nitrogens is 7. The predicted octanol–water partition coefficient (Wildman–Crippen LogP) is 4.51. The van der Waals surface area contributed by atoms with E-state index in [2.05, 4.69) is 44.2 Å². The van der Waals surface area contributed by atoms with E-state index in [0.29, 0.717) is 23.2 Å². The third kappa shape index (κ3) is 2.59. The third-order valence-corrected chi connectivity index (χ3v) is 7.48. The van der Waals surface area contributed by atoms with Gasteiger partial charge in [0.15, 0.2) is 5.82 Å². The summed E-state index contributed by atoms with van der Waals surface area (Å²) in [5, 5.41) is 17.0. The normalized spacial score (nSPS) is 22.5. The molecule has 2 aliphatic rings. The van der Waals surface area contributed by atoms with Gasteiger partial charge in [0.1, 0.15) is 29.0 Å². The lowest BCUT2D eigenvalue weighted by Crippen LogP contribution is -2.38. The van der Waals surface area contributed by atoms with Crippen LogP contribution in [-0.4, -0.2) is 35.3 Å². The van der Waals surface area contributed by atoms with E-state index in [-0.39, 0.29) is 22.6 Å². The van der Waals surface area contributed by atoms with Gasteiger partial charge in [0, 0.05) is 6.20 Å². The molecule has 3 aromatic heterocycles. The van der Waals surface area contributed by atoms with E-state index in [4.69, 9.17) is 4.98 Å². The quantitative estimate of drug-likeness (QED) is 0.499. The molecular weight excluding hydrogens is 424 g/mol. The fourth-order valence-corrected chi connectivity index (χ4v) is 5.84. The lowest BCUT2D eigenvalue weighted by molar-refractivity contribution is 0.237. The lowest BCUT2D eigenvalue weighted by atomic mass is 9.67. The largest absolute Gasteiger partial charge is 0.324 e. The van der Waals surface area contributed by atoms with Gasteiger partial charge in [-0.25, -0.2) is 18.7 Å². The topological polar surface area (TPSA) is 93.1 Å². The van der Waals surface area contributed by atoms with Crippen LogP contribution in [0, 0.1) is 24.0 Å². The second kappa shape index (κ2) is 6.69.